The molecule has 1 unspecified atom stereocenters. The zero-order valence-corrected chi connectivity index (χ0v) is 17.7. The molecule has 1 N–H and O–H groups in total. The van der Waals surface area contributed by atoms with E-state index in [0.29, 0.717) is 31.1 Å². The largest absolute Gasteiger partial charge is 0.497 e. The van der Waals surface area contributed by atoms with Gasteiger partial charge in [-0.3, -0.25) is 4.98 Å². The maximum atomic E-state index is 13.5. The average molecular weight is 448 g/mol. The summed E-state index contributed by atoms with van der Waals surface area (Å²) in [6.45, 7) is 0.744. The van der Waals surface area contributed by atoms with Crippen molar-refractivity contribution >= 4 is 26.9 Å². The summed E-state index contributed by atoms with van der Waals surface area (Å²) in [5.41, 5.74) is 0.459. The molecule has 1 aliphatic heterocycles. The van der Waals surface area contributed by atoms with E-state index in [1.165, 1.54) is 29.7 Å². The Hall–Kier alpha value is -2.85. The summed E-state index contributed by atoms with van der Waals surface area (Å²) < 4.78 is 59.9. The standard InChI is InChI=1S/C21H22F2N4O3S/c1-30-15-5-7-16(8-6-15)31(28,29)27-9-3-2-4-14(27)12-25-21-13-24-19-10-17(22)18(23)11-20(19)26-21/h5-8,10-11,13-14H,2-4,9,12H2,1H3,(H,25,26). The number of rotatable bonds is 6. The summed E-state index contributed by atoms with van der Waals surface area (Å²) in [6.07, 6.45) is 3.81. The van der Waals surface area contributed by atoms with Crippen molar-refractivity contribution < 1.29 is 21.9 Å². The number of anilines is 1. The molecule has 1 saturated heterocycles. The minimum Gasteiger partial charge on any atom is -0.497 e. The molecule has 7 nitrogen and oxygen atoms in total. The minimum atomic E-state index is -3.68. The highest BCUT2D eigenvalue weighted by Crippen LogP contribution is 2.27. The molecule has 2 heterocycles. The number of nitrogens with one attached hydrogen (secondary N) is 1. The predicted octanol–water partition coefficient (Wildman–Crippen LogP) is 3.57. The van der Waals surface area contributed by atoms with Crippen molar-refractivity contribution in [1.82, 2.24) is 14.3 Å². The summed E-state index contributed by atoms with van der Waals surface area (Å²) in [5, 5.41) is 3.10. The normalized spacial score (nSPS) is 17.6. The second-order valence-corrected chi connectivity index (χ2v) is 9.22. The second-order valence-electron chi connectivity index (χ2n) is 7.33. The van der Waals surface area contributed by atoms with Crippen LogP contribution >= 0.6 is 0 Å². The summed E-state index contributed by atoms with van der Waals surface area (Å²) in [6, 6.07) is 8.03. The fourth-order valence-corrected chi connectivity index (χ4v) is 5.39. The summed E-state index contributed by atoms with van der Waals surface area (Å²) in [5.74, 6) is -1.03. The maximum Gasteiger partial charge on any atom is 0.243 e. The van der Waals surface area contributed by atoms with E-state index in [1.807, 2.05) is 0 Å². The van der Waals surface area contributed by atoms with Gasteiger partial charge in [0, 0.05) is 31.3 Å². The van der Waals surface area contributed by atoms with Crippen molar-refractivity contribution in [3.8, 4) is 5.75 Å². The molecule has 1 aromatic heterocycles. The molecular formula is C21H22F2N4O3S. The zero-order chi connectivity index (χ0) is 22.0. The van der Waals surface area contributed by atoms with Gasteiger partial charge in [0.1, 0.15) is 11.6 Å². The molecule has 3 aromatic rings. The van der Waals surface area contributed by atoms with Crippen LogP contribution in [0.1, 0.15) is 19.3 Å². The number of nitrogens with zero attached hydrogens (tertiary/aromatic N) is 3. The van der Waals surface area contributed by atoms with Crippen molar-refractivity contribution in [3.63, 3.8) is 0 Å². The molecule has 31 heavy (non-hydrogen) atoms. The first-order valence-electron chi connectivity index (χ1n) is 9.90. The number of halogens is 2. The summed E-state index contributed by atoms with van der Waals surface area (Å²) >= 11 is 0. The van der Waals surface area contributed by atoms with Gasteiger partial charge < -0.3 is 10.1 Å². The van der Waals surface area contributed by atoms with Crippen LogP contribution in [0.3, 0.4) is 0 Å². The Labute approximate surface area is 179 Å². The Morgan fingerprint density at radius 3 is 2.55 bits per heavy atom. The lowest BCUT2D eigenvalue weighted by Gasteiger charge is -2.34. The van der Waals surface area contributed by atoms with E-state index in [0.717, 1.165) is 25.0 Å². The van der Waals surface area contributed by atoms with E-state index in [9.17, 15) is 17.2 Å². The van der Waals surface area contributed by atoms with Gasteiger partial charge in [0.15, 0.2) is 11.6 Å². The molecule has 0 bridgehead atoms. The number of fused-ring (bicyclic) bond motifs is 1. The lowest BCUT2D eigenvalue weighted by molar-refractivity contribution is 0.262. The van der Waals surface area contributed by atoms with E-state index >= 15 is 0 Å². The monoisotopic (exact) mass is 448 g/mol. The first-order valence-corrected chi connectivity index (χ1v) is 11.3. The molecule has 1 aliphatic rings. The van der Waals surface area contributed by atoms with E-state index in [4.69, 9.17) is 4.74 Å². The van der Waals surface area contributed by atoms with Crippen LogP contribution in [0.25, 0.3) is 11.0 Å². The Bertz CT molecular complexity index is 1190. The number of aromatic nitrogens is 2. The Balaban J connectivity index is 1.52. The third-order valence-corrected chi connectivity index (χ3v) is 7.31. The summed E-state index contributed by atoms with van der Waals surface area (Å²) in [7, 11) is -2.15. The van der Waals surface area contributed by atoms with Gasteiger partial charge in [-0.15, -0.1) is 0 Å². The van der Waals surface area contributed by atoms with Crippen molar-refractivity contribution in [2.75, 3.05) is 25.5 Å². The second kappa shape index (κ2) is 8.72. The molecule has 1 fully saturated rings. The maximum absolute atomic E-state index is 13.5. The van der Waals surface area contributed by atoms with Gasteiger partial charge in [0.05, 0.1) is 29.2 Å². The smallest absolute Gasteiger partial charge is 0.243 e. The fourth-order valence-electron chi connectivity index (χ4n) is 3.69. The molecule has 0 spiro atoms. The van der Waals surface area contributed by atoms with E-state index in [1.54, 1.807) is 12.1 Å². The number of benzene rings is 2. The van der Waals surface area contributed by atoms with E-state index < -0.39 is 21.7 Å². The molecule has 10 heteroatoms. The van der Waals surface area contributed by atoms with Gasteiger partial charge in [-0.1, -0.05) is 6.42 Å². The zero-order valence-electron chi connectivity index (χ0n) is 16.9. The van der Waals surface area contributed by atoms with Gasteiger partial charge in [-0.25, -0.2) is 22.2 Å². The van der Waals surface area contributed by atoms with Gasteiger partial charge in [-0.05, 0) is 37.1 Å². The fraction of sp³-hybridized carbons (Fsp3) is 0.333. The Morgan fingerprint density at radius 2 is 1.84 bits per heavy atom. The van der Waals surface area contributed by atoms with Crippen LogP contribution in [0, 0.1) is 11.6 Å². The quantitative estimate of drug-likeness (QED) is 0.621. The third-order valence-electron chi connectivity index (χ3n) is 5.34. The minimum absolute atomic E-state index is 0.211. The molecule has 4 rings (SSSR count). The number of methoxy groups -OCH3 is 1. The van der Waals surface area contributed by atoms with Crippen LogP contribution < -0.4 is 10.1 Å². The third kappa shape index (κ3) is 4.45. The Kier molecular flexibility index (Phi) is 6.01. The molecular weight excluding hydrogens is 426 g/mol. The van der Waals surface area contributed by atoms with Gasteiger partial charge >= 0.3 is 0 Å². The Morgan fingerprint density at radius 1 is 1.13 bits per heavy atom. The highest BCUT2D eigenvalue weighted by molar-refractivity contribution is 7.89. The lowest BCUT2D eigenvalue weighted by atomic mass is 10.1. The predicted molar refractivity (Wildman–Crippen MR) is 112 cm³/mol. The molecule has 0 aliphatic carbocycles. The van der Waals surface area contributed by atoms with Crippen molar-refractivity contribution in [2.24, 2.45) is 0 Å². The number of hydrogen-bond acceptors (Lipinski definition) is 6. The molecule has 0 saturated carbocycles. The van der Waals surface area contributed by atoms with Crippen molar-refractivity contribution in [3.05, 3.63) is 54.2 Å². The van der Waals surface area contributed by atoms with Crippen LogP contribution in [0.2, 0.25) is 0 Å². The van der Waals surface area contributed by atoms with Gasteiger partial charge in [0.25, 0.3) is 0 Å². The SMILES string of the molecule is COc1ccc(S(=O)(=O)N2CCCCC2CNc2cnc3cc(F)c(F)cc3n2)cc1. The first-order chi connectivity index (χ1) is 14.9. The highest BCUT2D eigenvalue weighted by atomic mass is 32.2. The molecule has 0 radical (unpaired) electrons. The van der Waals surface area contributed by atoms with Crippen LogP contribution in [0.15, 0.2) is 47.5 Å². The summed E-state index contributed by atoms with van der Waals surface area (Å²) in [4.78, 5) is 8.58. The van der Waals surface area contributed by atoms with Crippen LogP contribution in [-0.2, 0) is 10.0 Å². The van der Waals surface area contributed by atoms with Gasteiger partial charge in [0.2, 0.25) is 10.0 Å². The van der Waals surface area contributed by atoms with Crippen molar-refractivity contribution in [2.45, 2.75) is 30.2 Å². The van der Waals surface area contributed by atoms with Crippen LogP contribution in [0.5, 0.6) is 5.75 Å². The lowest BCUT2D eigenvalue weighted by Crippen LogP contribution is -2.47. The highest BCUT2D eigenvalue weighted by Gasteiger charge is 2.33. The molecule has 1 atom stereocenters. The molecule has 0 amide bonds. The van der Waals surface area contributed by atoms with Crippen LogP contribution in [-0.4, -0.2) is 48.9 Å². The number of sulfonamides is 1. The topological polar surface area (TPSA) is 84.4 Å². The molecule has 164 valence electrons. The van der Waals surface area contributed by atoms with E-state index in [-0.39, 0.29) is 22.0 Å². The van der Waals surface area contributed by atoms with Crippen LogP contribution in [0.4, 0.5) is 14.6 Å². The molecule has 2 aromatic carbocycles. The number of ether oxygens (including phenoxy) is 1. The van der Waals surface area contributed by atoms with E-state index in [2.05, 4.69) is 15.3 Å². The van der Waals surface area contributed by atoms with Gasteiger partial charge in [-0.2, -0.15) is 4.31 Å². The first kappa shape index (κ1) is 21.4. The number of piperidine rings is 1. The number of hydrogen-bond donors (Lipinski definition) is 1. The average Bonchev–Trinajstić information content (AvgIpc) is 2.78. The van der Waals surface area contributed by atoms with Crippen molar-refractivity contribution in [1.29, 1.82) is 0 Å².